The number of carbonyl (C=O) groups excluding carboxylic acids is 1. The molecule has 1 saturated carbocycles. The van der Waals surface area contributed by atoms with Gasteiger partial charge in [0.05, 0.1) is 17.9 Å². The number of aliphatic hydroxyl groups is 1. The van der Waals surface area contributed by atoms with Gasteiger partial charge in [0.1, 0.15) is 6.23 Å². The molecule has 3 aliphatic rings. The second-order valence-corrected chi connectivity index (χ2v) is 12.0. The molecule has 1 unspecified atom stereocenters. The smallest absolute Gasteiger partial charge is 0.395 e. The van der Waals surface area contributed by atoms with Gasteiger partial charge in [0, 0.05) is 19.6 Å². The fourth-order valence-electron chi connectivity index (χ4n) is 6.40. The van der Waals surface area contributed by atoms with Crippen LogP contribution in [0, 0.1) is 23.1 Å². The van der Waals surface area contributed by atoms with Gasteiger partial charge in [-0.25, -0.2) is 4.39 Å². The van der Waals surface area contributed by atoms with Gasteiger partial charge in [0.15, 0.2) is 11.6 Å². The van der Waals surface area contributed by atoms with Crippen LogP contribution in [0.2, 0.25) is 0 Å². The summed E-state index contributed by atoms with van der Waals surface area (Å²) in [5.74, 6) is -0.768. The lowest BCUT2D eigenvalue weighted by Crippen LogP contribution is -2.53. The highest BCUT2D eigenvalue weighted by molar-refractivity contribution is 5.77. The van der Waals surface area contributed by atoms with E-state index in [1.807, 2.05) is 21.9 Å². The Balaban J connectivity index is 1.11. The number of ether oxygens (including phenoxy) is 1. The van der Waals surface area contributed by atoms with E-state index in [1.165, 1.54) is 6.07 Å². The Morgan fingerprint density at radius 3 is 2.29 bits per heavy atom. The molecule has 3 fully saturated rings. The average molecular weight is 578 g/mol. The Morgan fingerprint density at radius 2 is 1.71 bits per heavy atom. The predicted octanol–water partition coefficient (Wildman–Crippen LogP) is 5.50. The number of rotatable bonds is 9. The number of amides is 1. The Bertz CT molecular complexity index is 1190. The van der Waals surface area contributed by atoms with Crippen LogP contribution in [0.25, 0.3) is 11.1 Å². The highest BCUT2D eigenvalue weighted by Crippen LogP contribution is 2.53. The van der Waals surface area contributed by atoms with Crippen LogP contribution in [0.15, 0.2) is 42.5 Å². The third-order valence-electron chi connectivity index (χ3n) is 9.30. The average Bonchev–Trinajstić information content (AvgIpc) is 2.94. The molecule has 2 heterocycles. The highest BCUT2D eigenvalue weighted by Gasteiger charge is 2.58. The third-order valence-corrected chi connectivity index (χ3v) is 9.30. The molecule has 2 saturated heterocycles. The van der Waals surface area contributed by atoms with E-state index < -0.39 is 23.6 Å². The van der Waals surface area contributed by atoms with E-state index in [0.29, 0.717) is 50.3 Å². The Hall–Kier alpha value is -2.69. The van der Waals surface area contributed by atoms with Gasteiger partial charge in [0.25, 0.3) is 0 Å². The van der Waals surface area contributed by atoms with Gasteiger partial charge in [0.2, 0.25) is 5.91 Å². The molecule has 2 aromatic carbocycles. The quantitative estimate of drug-likeness (QED) is 0.385. The number of primary amides is 1. The molecule has 10 heteroatoms. The molecule has 2 atom stereocenters. The molecule has 1 aliphatic carbocycles. The van der Waals surface area contributed by atoms with Crippen molar-refractivity contribution < 1.29 is 32.2 Å². The zero-order valence-corrected chi connectivity index (χ0v) is 23.2. The van der Waals surface area contributed by atoms with Crippen LogP contribution in [0.4, 0.5) is 17.6 Å². The summed E-state index contributed by atoms with van der Waals surface area (Å²) in [6.45, 7) is 2.70. The van der Waals surface area contributed by atoms with Crippen molar-refractivity contribution in [3.8, 4) is 16.9 Å². The van der Waals surface area contributed by atoms with Crippen LogP contribution >= 0.6 is 0 Å². The molecule has 0 spiro atoms. The van der Waals surface area contributed by atoms with Crippen LogP contribution in [-0.2, 0) is 4.79 Å². The van der Waals surface area contributed by atoms with E-state index in [-0.39, 0.29) is 42.9 Å². The van der Waals surface area contributed by atoms with Crippen molar-refractivity contribution in [3.63, 3.8) is 0 Å². The topological polar surface area (TPSA) is 79.0 Å². The normalized spacial score (nSPS) is 23.1. The van der Waals surface area contributed by atoms with Crippen LogP contribution in [0.5, 0.6) is 5.75 Å². The van der Waals surface area contributed by atoms with Crippen LogP contribution in [0.1, 0.15) is 56.7 Å². The second-order valence-electron chi connectivity index (χ2n) is 12.0. The number of nitrogens with two attached hydrogens (primary N) is 1. The van der Waals surface area contributed by atoms with Crippen LogP contribution in [0.3, 0.4) is 0 Å². The van der Waals surface area contributed by atoms with Crippen molar-refractivity contribution in [2.75, 3.05) is 39.3 Å². The van der Waals surface area contributed by atoms with Crippen LogP contribution in [-0.4, -0.2) is 66.3 Å². The van der Waals surface area contributed by atoms with E-state index in [4.69, 9.17) is 10.5 Å². The van der Waals surface area contributed by atoms with Crippen molar-refractivity contribution in [3.05, 3.63) is 53.8 Å². The monoisotopic (exact) mass is 577 g/mol. The standard InChI is InChI=1S/C31H39F4N3O3/c32-26-17-24(22-4-6-23(7-5-22)29(40)38-14-1-3-25(18-38)28(36)39)8-9-27(26)41-19-21-10-15-37(16-11-21)20-30(12-2-13-30)31(33,34)35/h4-9,17,21,25,29,40H,1-3,10-16,18-20H2,(H2,36,39)/t25-,29?/m0/s1. The summed E-state index contributed by atoms with van der Waals surface area (Å²) in [4.78, 5) is 15.3. The number of likely N-dealkylation sites (tertiary alicyclic amines) is 2. The van der Waals surface area contributed by atoms with Crippen LogP contribution < -0.4 is 10.5 Å². The van der Waals surface area contributed by atoms with Gasteiger partial charge >= 0.3 is 6.18 Å². The molecule has 0 aromatic heterocycles. The predicted molar refractivity (Wildman–Crippen MR) is 147 cm³/mol. The number of alkyl halides is 3. The first-order chi connectivity index (χ1) is 19.5. The van der Waals surface area contributed by atoms with Crippen molar-refractivity contribution in [1.82, 2.24) is 9.80 Å². The minimum Gasteiger partial charge on any atom is -0.490 e. The van der Waals surface area contributed by atoms with Gasteiger partial charge in [-0.2, -0.15) is 13.2 Å². The number of carbonyl (C=O) groups is 1. The van der Waals surface area contributed by atoms with E-state index in [9.17, 15) is 27.5 Å². The molecule has 2 aromatic rings. The van der Waals surface area contributed by atoms with E-state index >= 15 is 0 Å². The van der Waals surface area contributed by atoms with Gasteiger partial charge in [-0.15, -0.1) is 0 Å². The summed E-state index contributed by atoms with van der Waals surface area (Å²) in [6, 6.07) is 12.0. The number of piperidine rings is 2. The molecule has 224 valence electrons. The number of hydrogen-bond donors (Lipinski definition) is 2. The number of nitrogens with zero attached hydrogens (tertiary/aromatic N) is 2. The van der Waals surface area contributed by atoms with E-state index in [2.05, 4.69) is 0 Å². The molecule has 41 heavy (non-hydrogen) atoms. The zero-order chi connectivity index (χ0) is 29.2. The zero-order valence-electron chi connectivity index (χ0n) is 23.2. The van der Waals surface area contributed by atoms with Crippen molar-refractivity contribution in [1.29, 1.82) is 0 Å². The fourth-order valence-corrected chi connectivity index (χ4v) is 6.40. The molecular weight excluding hydrogens is 538 g/mol. The molecule has 6 nitrogen and oxygen atoms in total. The number of aliphatic hydroxyl groups excluding tert-OH is 1. The van der Waals surface area contributed by atoms with Crippen molar-refractivity contribution in [2.45, 2.75) is 57.3 Å². The van der Waals surface area contributed by atoms with E-state index in [0.717, 1.165) is 31.2 Å². The molecule has 0 bridgehead atoms. The lowest BCUT2D eigenvalue weighted by molar-refractivity contribution is -0.256. The maximum absolute atomic E-state index is 14.9. The SMILES string of the molecule is NC(=O)[C@H]1CCCN(C(O)c2ccc(-c3ccc(OCC4CCN(CC5(C(F)(F)F)CCC5)CC4)c(F)c3)cc2)C1. The highest BCUT2D eigenvalue weighted by atomic mass is 19.4. The van der Waals surface area contributed by atoms with Crippen molar-refractivity contribution >= 4 is 5.91 Å². The first kappa shape index (κ1) is 29.8. The first-order valence-corrected chi connectivity index (χ1v) is 14.6. The molecule has 2 aliphatic heterocycles. The summed E-state index contributed by atoms with van der Waals surface area (Å²) in [5.41, 5.74) is 6.06. The number of benzene rings is 2. The summed E-state index contributed by atoms with van der Waals surface area (Å²) in [5, 5.41) is 10.8. The Morgan fingerprint density at radius 1 is 1.02 bits per heavy atom. The summed E-state index contributed by atoms with van der Waals surface area (Å²) in [6.07, 6.45) is -0.944. The molecule has 3 N–H and O–H groups in total. The first-order valence-electron chi connectivity index (χ1n) is 14.6. The summed E-state index contributed by atoms with van der Waals surface area (Å²) in [7, 11) is 0. The summed E-state index contributed by atoms with van der Waals surface area (Å²) >= 11 is 0. The lowest BCUT2D eigenvalue weighted by Gasteiger charge is -2.47. The fraction of sp³-hybridized carbons (Fsp3) is 0.581. The third kappa shape index (κ3) is 6.70. The van der Waals surface area contributed by atoms with Crippen molar-refractivity contribution in [2.24, 2.45) is 23.0 Å². The summed E-state index contributed by atoms with van der Waals surface area (Å²) < 4.78 is 61.3. The second kappa shape index (κ2) is 12.3. The lowest BCUT2D eigenvalue weighted by atomic mass is 9.67. The van der Waals surface area contributed by atoms with Gasteiger partial charge < -0.3 is 20.5 Å². The van der Waals surface area contributed by atoms with Gasteiger partial charge in [-0.3, -0.25) is 9.69 Å². The Labute approximate surface area is 238 Å². The molecule has 0 radical (unpaired) electrons. The molecular formula is C31H39F4N3O3. The van der Waals surface area contributed by atoms with Gasteiger partial charge in [-0.05, 0) is 86.4 Å². The van der Waals surface area contributed by atoms with E-state index in [1.54, 1.807) is 24.3 Å². The number of hydrogen-bond acceptors (Lipinski definition) is 5. The largest absolute Gasteiger partial charge is 0.490 e. The maximum atomic E-state index is 14.9. The molecule has 5 rings (SSSR count). The Kier molecular flexibility index (Phi) is 8.92. The maximum Gasteiger partial charge on any atom is 0.395 e. The molecule has 1 amide bonds. The van der Waals surface area contributed by atoms with Gasteiger partial charge in [-0.1, -0.05) is 36.8 Å². The minimum atomic E-state index is -4.15. The minimum absolute atomic E-state index is 0.0775. The number of halogens is 4.